The quantitative estimate of drug-likeness (QED) is 0.627. The number of carboxylic acid groups (broad SMARTS) is 1. The summed E-state index contributed by atoms with van der Waals surface area (Å²) in [5, 5.41) is 11.7. The first-order chi connectivity index (χ1) is 16.3. The van der Waals surface area contributed by atoms with E-state index in [9.17, 15) is 14.0 Å². The predicted octanol–water partition coefficient (Wildman–Crippen LogP) is 5.36. The molecule has 1 saturated carbocycles. The largest absolute Gasteiger partial charge is 0.481 e. The first-order valence-corrected chi connectivity index (χ1v) is 12.2. The van der Waals surface area contributed by atoms with Crippen LogP contribution in [-0.4, -0.2) is 28.0 Å². The van der Waals surface area contributed by atoms with Crippen molar-refractivity contribution in [2.24, 2.45) is 17.3 Å². The van der Waals surface area contributed by atoms with Gasteiger partial charge in [0.05, 0.1) is 12.6 Å². The second-order valence-electron chi connectivity index (χ2n) is 10.5. The van der Waals surface area contributed by atoms with Gasteiger partial charge in [0.1, 0.15) is 5.82 Å². The van der Waals surface area contributed by atoms with Crippen LogP contribution in [0.25, 0.3) is 5.57 Å². The third kappa shape index (κ3) is 3.93. The number of allylic oxidation sites excluding steroid dienone is 2. The molecule has 1 fully saturated rings. The molecule has 0 saturated heterocycles. The highest BCUT2D eigenvalue weighted by Crippen LogP contribution is 2.63. The normalized spacial score (nSPS) is 28.2. The van der Waals surface area contributed by atoms with Crippen molar-refractivity contribution in [1.82, 2.24) is 10.3 Å². The maximum absolute atomic E-state index is 13.9. The van der Waals surface area contributed by atoms with Gasteiger partial charge in [-0.1, -0.05) is 19.1 Å². The van der Waals surface area contributed by atoms with Crippen LogP contribution in [0.2, 0.25) is 0 Å². The van der Waals surface area contributed by atoms with Crippen LogP contribution in [0.1, 0.15) is 78.9 Å². The van der Waals surface area contributed by atoms with E-state index in [0.29, 0.717) is 23.3 Å². The molecule has 1 aromatic carbocycles. The van der Waals surface area contributed by atoms with Gasteiger partial charge in [-0.2, -0.15) is 0 Å². The summed E-state index contributed by atoms with van der Waals surface area (Å²) in [6.07, 6.45) is 10.4. The summed E-state index contributed by atoms with van der Waals surface area (Å²) in [6, 6.07) is 7.19. The van der Waals surface area contributed by atoms with Crippen LogP contribution < -0.4 is 5.32 Å². The van der Waals surface area contributed by atoms with Gasteiger partial charge in [-0.15, -0.1) is 0 Å². The predicted molar refractivity (Wildman–Crippen MR) is 128 cm³/mol. The molecule has 2 N–H and O–H groups in total. The number of carbonyl (C=O) groups is 2. The van der Waals surface area contributed by atoms with Crippen LogP contribution >= 0.6 is 0 Å². The summed E-state index contributed by atoms with van der Waals surface area (Å²) in [5.74, 6) is 0.135. The molecule has 2 aromatic rings. The van der Waals surface area contributed by atoms with Gasteiger partial charge in [0.25, 0.3) is 5.91 Å². The Morgan fingerprint density at radius 2 is 2.09 bits per heavy atom. The smallest absolute Gasteiger partial charge is 0.305 e. The number of fused-ring (bicyclic) bond motifs is 5. The number of pyridine rings is 1. The third-order valence-corrected chi connectivity index (χ3v) is 8.44. The van der Waals surface area contributed by atoms with Crippen molar-refractivity contribution in [3.63, 3.8) is 0 Å². The molecule has 34 heavy (non-hydrogen) atoms. The van der Waals surface area contributed by atoms with Crippen LogP contribution in [0.3, 0.4) is 0 Å². The summed E-state index contributed by atoms with van der Waals surface area (Å²) < 4.78 is 13.9. The van der Waals surface area contributed by atoms with Crippen LogP contribution in [0.4, 0.5) is 4.39 Å². The lowest BCUT2D eigenvalue weighted by atomic mass is 9.54. The van der Waals surface area contributed by atoms with Crippen molar-refractivity contribution in [3.8, 4) is 0 Å². The number of amides is 1. The van der Waals surface area contributed by atoms with E-state index in [1.807, 2.05) is 12.1 Å². The highest BCUT2D eigenvalue weighted by Gasteiger charge is 2.52. The molecule has 5 nitrogen and oxygen atoms in total. The Balaban J connectivity index is 1.35. The Morgan fingerprint density at radius 3 is 2.85 bits per heavy atom. The third-order valence-electron chi connectivity index (χ3n) is 8.44. The van der Waals surface area contributed by atoms with Crippen molar-refractivity contribution < 1.29 is 19.1 Å². The number of aryl methyl sites for hydroxylation is 1. The Kier molecular flexibility index (Phi) is 5.78. The molecule has 1 unspecified atom stereocenters. The standard InChI is InChI=1S/C28H31FN2O3/c1-16(11-26(32)33)31-27(34)18-4-5-21-17(12-18)3-6-23-22(21)9-10-28(2)24(7-8-25(23)28)19-13-20(29)15-30-14-19/h4-5,7,12-16,22-23,25H,3,6,8-11H2,1-2H3,(H,31,34)(H,32,33)/t16-,22-,23-,25+,28?/m1/s1. The molecule has 1 heterocycles. The SMILES string of the molecule is C[C@H](CC(=O)O)NC(=O)c1ccc2c(c1)CC[C@@H]1[C@@H]2CCC2(C)C(c3cncc(F)c3)=CC[C@@H]12. The molecule has 5 rings (SSSR count). The van der Waals surface area contributed by atoms with Gasteiger partial charge in [0.2, 0.25) is 0 Å². The summed E-state index contributed by atoms with van der Waals surface area (Å²) in [7, 11) is 0. The summed E-state index contributed by atoms with van der Waals surface area (Å²) in [4.78, 5) is 27.6. The molecule has 0 radical (unpaired) electrons. The second-order valence-corrected chi connectivity index (χ2v) is 10.5. The number of hydrogen-bond acceptors (Lipinski definition) is 3. The van der Waals surface area contributed by atoms with Gasteiger partial charge >= 0.3 is 5.97 Å². The zero-order valence-corrected chi connectivity index (χ0v) is 19.7. The fourth-order valence-corrected chi connectivity index (χ4v) is 6.92. The molecule has 0 bridgehead atoms. The lowest BCUT2D eigenvalue weighted by Crippen LogP contribution is -2.41. The number of halogens is 1. The number of benzene rings is 1. The molecule has 0 spiro atoms. The second kappa shape index (κ2) is 8.64. The minimum absolute atomic E-state index is 0.0360. The molecule has 3 aliphatic carbocycles. The van der Waals surface area contributed by atoms with Crippen molar-refractivity contribution in [3.05, 3.63) is 70.8 Å². The molecule has 5 atom stereocenters. The van der Waals surface area contributed by atoms with E-state index in [1.54, 1.807) is 19.2 Å². The molecule has 1 aromatic heterocycles. The topological polar surface area (TPSA) is 79.3 Å². The van der Waals surface area contributed by atoms with E-state index in [1.165, 1.54) is 22.9 Å². The van der Waals surface area contributed by atoms with Crippen molar-refractivity contribution in [2.45, 2.75) is 64.3 Å². The number of nitrogens with one attached hydrogen (secondary N) is 1. The first kappa shape index (κ1) is 22.8. The Hall–Kier alpha value is -3.02. The van der Waals surface area contributed by atoms with Crippen LogP contribution in [0.5, 0.6) is 0 Å². The summed E-state index contributed by atoms with van der Waals surface area (Å²) in [5.41, 5.74) is 5.38. The van der Waals surface area contributed by atoms with Gasteiger partial charge in [-0.05, 0) is 103 Å². The Labute approximate surface area is 199 Å². The maximum Gasteiger partial charge on any atom is 0.305 e. The number of carbonyl (C=O) groups excluding carboxylic acids is 1. The molecule has 6 heteroatoms. The number of aromatic nitrogens is 1. The minimum atomic E-state index is -0.924. The fourth-order valence-electron chi connectivity index (χ4n) is 6.92. The highest BCUT2D eigenvalue weighted by molar-refractivity contribution is 5.95. The average molecular weight is 463 g/mol. The van der Waals surface area contributed by atoms with Crippen LogP contribution in [-0.2, 0) is 11.2 Å². The first-order valence-electron chi connectivity index (χ1n) is 12.2. The molecule has 3 aliphatic rings. The van der Waals surface area contributed by atoms with E-state index in [2.05, 4.69) is 29.4 Å². The molecular weight excluding hydrogens is 431 g/mol. The lowest BCUT2D eigenvalue weighted by molar-refractivity contribution is -0.137. The minimum Gasteiger partial charge on any atom is -0.481 e. The van der Waals surface area contributed by atoms with Gasteiger partial charge in [-0.3, -0.25) is 14.6 Å². The maximum atomic E-state index is 13.9. The van der Waals surface area contributed by atoms with Crippen LogP contribution in [0.15, 0.2) is 42.7 Å². The van der Waals surface area contributed by atoms with E-state index in [0.717, 1.165) is 37.7 Å². The van der Waals surface area contributed by atoms with E-state index >= 15 is 0 Å². The lowest BCUT2D eigenvalue weighted by Gasteiger charge is -2.50. The average Bonchev–Trinajstić information content (AvgIpc) is 3.15. The molecular formula is C28H31FN2O3. The van der Waals surface area contributed by atoms with E-state index < -0.39 is 12.0 Å². The molecule has 1 amide bonds. The zero-order valence-electron chi connectivity index (χ0n) is 19.7. The van der Waals surface area contributed by atoms with Crippen LogP contribution in [0, 0.1) is 23.1 Å². The monoisotopic (exact) mass is 462 g/mol. The van der Waals surface area contributed by atoms with Crippen molar-refractivity contribution >= 4 is 17.4 Å². The zero-order chi connectivity index (χ0) is 24.0. The Morgan fingerprint density at radius 1 is 1.26 bits per heavy atom. The number of rotatable bonds is 5. The van der Waals surface area contributed by atoms with Gasteiger partial charge in [0.15, 0.2) is 0 Å². The van der Waals surface area contributed by atoms with Gasteiger partial charge in [0, 0.05) is 17.8 Å². The van der Waals surface area contributed by atoms with Gasteiger partial charge < -0.3 is 10.4 Å². The Bertz CT molecular complexity index is 1180. The summed E-state index contributed by atoms with van der Waals surface area (Å²) in [6.45, 7) is 4.05. The van der Waals surface area contributed by atoms with Crippen molar-refractivity contribution in [1.29, 1.82) is 0 Å². The van der Waals surface area contributed by atoms with E-state index in [-0.39, 0.29) is 23.6 Å². The molecule has 178 valence electrons. The number of nitrogens with zero attached hydrogens (tertiary/aromatic N) is 1. The van der Waals surface area contributed by atoms with Gasteiger partial charge in [-0.25, -0.2) is 4.39 Å². The van der Waals surface area contributed by atoms with Crippen molar-refractivity contribution in [2.75, 3.05) is 0 Å². The number of hydrogen-bond donors (Lipinski definition) is 2. The molecule has 0 aliphatic heterocycles. The van der Waals surface area contributed by atoms with E-state index in [4.69, 9.17) is 5.11 Å². The highest BCUT2D eigenvalue weighted by atomic mass is 19.1. The number of carboxylic acids is 1. The summed E-state index contributed by atoms with van der Waals surface area (Å²) >= 11 is 0. The fraction of sp³-hybridized carbons (Fsp3) is 0.464. The number of aliphatic carboxylic acids is 1.